The summed E-state index contributed by atoms with van der Waals surface area (Å²) >= 11 is 2.65. The number of rotatable bonds is 6. The van der Waals surface area contributed by atoms with E-state index in [4.69, 9.17) is 0 Å². The first-order valence-electron chi connectivity index (χ1n) is 7.55. The van der Waals surface area contributed by atoms with Crippen LogP contribution in [0.1, 0.15) is 0 Å². The van der Waals surface area contributed by atoms with Crippen LogP contribution in [-0.4, -0.2) is 21.2 Å². The molecule has 1 aromatic heterocycles. The van der Waals surface area contributed by atoms with Crippen LogP contribution in [0.15, 0.2) is 75.9 Å². The Morgan fingerprint density at radius 2 is 1.88 bits per heavy atom. The first-order valence-corrected chi connectivity index (χ1v) is 9.35. The normalized spacial score (nSPS) is 10.6. The maximum absolute atomic E-state index is 13.6. The van der Waals surface area contributed by atoms with Crippen molar-refractivity contribution in [3.05, 3.63) is 66.7 Å². The van der Waals surface area contributed by atoms with Crippen molar-refractivity contribution < 1.29 is 9.18 Å². The molecule has 3 aromatic rings. The van der Waals surface area contributed by atoms with Crippen LogP contribution in [0, 0.1) is 5.82 Å². The summed E-state index contributed by atoms with van der Waals surface area (Å²) in [5.74, 6) is -0.352. The van der Waals surface area contributed by atoms with Crippen LogP contribution >= 0.6 is 23.5 Å². The Labute approximate surface area is 153 Å². The number of carbonyl (C=O) groups excluding carboxylic acids is 1. The molecular weight excluding hydrogens is 357 g/mol. The summed E-state index contributed by atoms with van der Waals surface area (Å²) in [6.07, 6.45) is 3.60. The molecule has 25 heavy (non-hydrogen) atoms. The lowest BCUT2D eigenvalue weighted by Gasteiger charge is -2.10. The third kappa shape index (κ3) is 4.64. The average Bonchev–Trinajstić information content (AvgIpc) is 3.01. The minimum absolute atomic E-state index is 0.141. The van der Waals surface area contributed by atoms with E-state index >= 15 is 0 Å². The Balaban J connectivity index is 1.65. The number of para-hydroxylation sites is 1. The minimum Gasteiger partial charge on any atom is -0.329 e. The van der Waals surface area contributed by atoms with Crippen LogP contribution in [0.5, 0.6) is 0 Å². The molecule has 1 N–H and O–H groups in total. The molecule has 0 atom stereocenters. The van der Waals surface area contributed by atoms with E-state index in [2.05, 4.69) is 10.3 Å². The van der Waals surface area contributed by atoms with Crippen LogP contribution in [0.4, 0.5) is 10.1 Å². The van der Waals surface area contributed by atoms with Gasteiger partial charge in [0.2, 0.25) is 5.91 Å². The lowest BCUT2D eigenvalue weighted by molar-refractivity contribution is -0.113. The van der Waals surface area contributed by atoms with E-state index in [1.165, 1.54) is 29.6 Å². The molecule has 1 amide bonds. The van der Waals surface area contributed by atoms with Gasteiger partial charge in [-0.3, -0.25) is 4.79 Å². The molecule has 0 unspecified atom stereocenters. The van der Waals surface area contributed by atoms with Crippen LogP contribution < -0.4 is 5.32 Å². The number of thioether (sulfide) groups is 1. The lowest BCUT2D eigenvalue weighted by Crippen LogP contribution is -2.14. The zero-order chi connectivity index (χ0) is 17.6. The maximum Gasteiger partial charge on any atom is 0.234 e. The Bertz CT molecular complexity index is 882. The highest BCUT2D eigenvalue weighted by Crippen LogP contribution is 2.32. The molecule has 0 bridgehead atoms. The van der Waals surface area contributed by atoms with Gasteiger partial charge in [-0.2, -0.15) is 0 Å². The zero-order valence-electron chi connectivity index (χ0n) is 13.5. The van der Waals surface area contributed by atoms with Crippen molar-refractivity contribution in [1.82, 2.24) is 9.55 Å². The Morgan fingerprint density at radius 1 is 1.16 bits per heavy atom. The SMILES string of the molecule is Cn1ccnc1Sc1ccccc1NC(=O)CSc1ccccc1F. The average molecular weight is 373 g/mol. The summed E-state index contributed by atoms with van der Waals surface area (Å²) < 4.78 is 15.5. The van der Waals surface area contributed by atoms with Gasteiger partial charge >= 0.3 is 0 Å². The number of hydrogen-bond acceptors (Lipinski definition) is 4. The summed E-state index contributed by atoms with van der Waals surface area (Å²) in [5.41, 5.74) is 0.717. The van der Waals surface area contributed by atoms with Crippen molar-refractivity contribution in [2.75, 3.05) is 11.1 Å². The van der Waals surface area contributed by atoms with Gasteiger partial charge in [0.15, 0.2) is 5.16 Å². The number of aromatic nitrogens is 2. The molecule has 2 aromatic carbocycles. The number of amides is 1. The van der Waals surface area contributed by atoms with Crippen LogP contribution in [0.25, 0.3) is 0 Å². The van der Waals surface area contributed by atoms with E-state index in [1.54, 1.807) is 24.4 Å². The van der Waals surface area contributed by atoms with Gasteiger partial charge in [0.05, 0.1) is 11.4 Å². The second-order valence-corrected chi connectivity index (χ2v) is 7.21. The highest BCUT2D eigenvalue weighted by Gasteiger charge is 2.11. The molecule has 128 valence electrons. The number of imidazole rings is 1. The molecule has 1 heterocycles. The number of nitrogens with one attached hydrogen (secondary N) is 1. The Hall–Kier alpha value is -2.25. The number of carbonyl (C=O) groups is 1. The fraction of sp³-hybridized carbons (Fsp3) is 0.111. The van der Waals surface area contributed by atoms with Gasteiger partial charge in [0.25, 0.3) is 0 Å². The molecule has 4 nitrogen and oxygen atoms in total. The van der Waals surface area contributed by atoms with Crippen molar-refractivity contribution in [2.24, 2.45) is 7.05 Å². The number of halogens is 1. The molecule has 0 aliphatic heterocycles. The first kappa shape index (κ1) is 17.6. The third-order valence-corrected chi connectivity index (χ3v) is 5.54. The largest absolute Gasteiger partial charge is 0.329 e. The highest BCUT2D eigenvalue weighted by atomic mass is 32.2. The second-order valence-electron chi connectivity index (χ2n) is 5.19. The number of benzene rings is 2. The summed E-state index contributed by atoms with van der Waals surface area (Å²) in [6, 6.07) is 14.0. The fourth-order valence-electron chi connectivity index (χ4n) is 2.10. The highest BCUT2D eigenvalue weighted by molar-refractivity contribution is 8.00. The molecule has 7 heteroatoms. The van der Waals surface area contributed by atoms with Gasteiger partial charge in [-0.15, -0.1) is 11.8 Å². The topological polar surface area (TPSA) is 46.9 Å². The fourth-order valence-corrected chi connectivity index (χ4v) is 3.73. The van der Waals surface area contributed by atoms with Crippen molar-refractivity contribution in [1.29, 1.82) is 0 Å². The van der Waals surface area contributed by atoms with Gasteiger partial charge in [0.1, 0.15) is 5.82 Å². The van der Waals surface area contributed by atoms with Gasteiger partial charge in [-0.1, -0.05) is 24.3 Å². The zero-order valence-corrected chi connectivity index (χ0v) is 15.1. The quantitative estimate of drug-likeness (QED) is 0.649. The van der Waals surface area contributed by atoms with Crippen LogP contribution in [0.3, 0.4) is 0 Å². The van der Waals surface area contributed by atoms with Gasteiger partial charge in [-0.25, -0.2) is 9.37 Å². The molecule has 0 saturated heterocycles. The molecule has 3 rings (SSSR count). The standard InChI is InChI=1S/C18H16FN3OS2/c1-22-11-10-20-18(22)25-16-9-5-3-7-14(16)21-17(23)12-24-15-8-4-2-6-13(15)19/h2-11H,12H2,1H3,(H,21,23). The van der Waals surface area contributed by atoms with Crippen molar-refractivity contribution in [3.8, 4) is 0 Å². The van der Waals surface area contributed by atoms with Crippen molar-refractivity contribution >= 4 is 35.1 Å². The van der Waals surface area contributed by atoms with Crippen LogP contribution in [0.2, 0.25) is 0 Å². The second kappa shape index (κ2) is 8.22. The predicted molar refractivity (Wildman–Crippen MR) is 99.5 cm³/mol. The maximum atomic E-state index is 13.6. The molecule has 0 aliphatic carbocycles. The molecule has 0 aliphatic rings. The van der Waals surface area contributed by atoms with Crippen molar-refractivity contribution in [2.45, 2.75) is 14.9 Å². The number of nitrogens with zero attached hydrogens (tertiary/aromatic N) is 2. The predicted octanol–water partition coefficient (Wildman–Crippen LogP) is 4.44. The Morgan fingerprint density at radius 3 is 2.60 bits per heavy atom. The summed E-state index contributed by atoms with van der Waals surface area (Å²) in [4.78, 5) is 17.9. The molecule has 0 saturated carbocycles. The number of hydrogen-bond donors (Lipinski definition) is 1. The van der Waals surface area contributed by atoms with Gasteiger partial charge in [0, 0.05) is 29.2 Å². The molecule has 0 fully saturated rings. The summed E-state index contributed by atoms with van der Waals surface area (Å²) in [5, 5.41) is 3.73. The van der Waals surface area contributed by atoms with E-state index in [0.29, 0.717) is 4.90 Å². The molecule has 0 radical (unpaired) electrons. The van der Waals surface area contributed by atoms with E-state index < -0.39 is 0 Å². The summed E-state index contributed by atoms with van der Waals surface area (Å²) in [7, 11) is 1.92. The molecular formula is C18H16FN3OS2. The smallest absolute Gasteiger partial charge is 0.234 e. The first-order chi connectivity index (χ1) is 12.1. The number of aryl methyl sites for hydroxylation is 1. The third-order valence-electron chi connectivity index (χ3n) is 3.33. The Kier molecular flexibility index (Phi) is 5.78. The van der Waals surface area contributed by atoms with E-state index in [9.17, 15) is 9.18 Å². The number of anilines is 1. The lowest BCUT2D eigenvalue weighted by atomic mass is 10.3. The van der Waals surface area contributed by atoms with Crippen LogP contribution in [-0.2, 0) is 11.8 Å². The summed E-state index contributed by atoms with van der Waals surface area (Å²) in [6.45, 7) is 0. The minimum atomic E-state index is -0.314. The van der Waals surface area contributed by atoms with E-state index in [-0.39, 0.29) is 17.5 Å². The van der Waals surface area contributed by atoms with Gasteiger partial charge < -0.3 is 9.88 Å². The van der Waals surface area contributed by atoms with E-state index in [0.717, 1.165) is 15.7 Å². The molecule has 0 spiro atoms. The van der Waals surface area contributed by atoms with Crippen molar-refractivity contribution in [3.63, 3.8) is 0 Å². The van der Waals surface area contributed by atoms with E-state index in [1.807, 2.05) is 42.1 Å². The van der Waals surface area contributed by atoms with Gasteiger partial charge in [-0.05, 0) is 36.0 Å². The monoisotopic (exact) mass is 373 g/mol.